The van der Waals surface area contributed by atoms with Crippen LogP contribution in [0, 0.1) is 6.92 Å². The van der Waals surface area contributed by atoms with Gasteiger partial charge in [-0.25, -0.2) is 4.99 Å². The van der Waals surface area contributed by atoms with Crippen molar-refractivity contribution in [3.05, 3.63) is 66.7 Å². The molecule has 1 atom stereocenters. The molecule has 1 saturated heterocycles. The maximum Gasteiger partial charge on any atom is 0.242 e. The number of aliphatic imine (C=N–C) groups is 1. The van der Waals surface area contributed by atoms with Crippen molar-refractivity contribution in [1.29, 1.82) is 0 Å². The van der Waals surface area contributed by atoms with Gasteiger partial charge < -0.3 is 10.1 Å². The first-order valence-electron chi connectivity index (χ1n) is 9.19. The first-order valence-corrected chi connectivity index (χ1v) is 10.1. The highest BCUT2D eigenvalue weighted by atomic mass is 32.2. The van der Waals surface area contributed by atoms with Crippen molar-refractivity contribution < 1.29 is 14.3 Å². The van der Waals surface area contributed by atoms with Gasteiger partial charge in [-0.2, -0.15) is 0 Å². The highest BCUT2D eigenvalue weighted by Gasteiger charge is 2.38. The van der Waals surface area contributed by atoms with E-state index in [1.54, 1.807) is 24.2 Å². The van der Waals surface area contributed by atoms with Crippen LogP contribution in [-0.2, 0) is 9.59 Å². The molecular weight excluding hydrogens is 386 g/mol. The molecule has 0 radical (unpaired) electrons. The van der Waals surface area contributed by atoms with Crippen LogP contribution in [0.15, 0.2) is 66.2 Å². The van der Waals surface area contributed by atoms with E-state index in [-0.39, 0.29) is 18.2 Å². The molecule has 0 aromatic heterocycles. The van der Waals surface area contributed by atoms with E-state index in [0.717, 1.165) is 11.3 Å². The summed E-state index contributed by atoms with van der Waals surface area (Å²) in [6, 6.07) is 15.0. The van der Waals surface area contributed by atoms with E-state index >= 15 is 0 Å². The number of thioether (sulfide) groups is 1. The van der Waals surface area contributed by atoms with Crippen LogP contribution < -0.4 is 10.1 Å². The molecule has 0 unspecified atom stereocenters. The number of hydrogen-bond acceptors (Lipinski definition) is 5. The van der Waals surface area contributed by atoms with Gasteiger partial charge in [-0.05, 0) is 36.8 Å². The minimum atomic E-state index is -0.534. The Kier molecular flexibility index (Phi) is 6.72. The first-order chi connectivity index (χ1) is 14.0. The van der Waals surface area contributed by atoms with E-state index in [2.05, 4.69) is 16.9 Å². The van der Waals surface area contributed by atoms with Crippen LogP contribution in [-0.4, -0.2) is 40.8 Å². The number of hydrogen-bond donors (Lipinski definition) is 1. The van der Waals surface area contributed by atoms with Gasteiger partial charge in [0.25, 0.3) is 0 Å². The second-order valence-corrected chi connectivity index (χ2v) is 7.70. The van der Waals surface area contributed by atoms with Gasteiger partial charge in [-0.1, -0.05) is 42.1 Å². The van der Waals surface area contributed by atoms with Crippen LogP contribution in [0.1, 0.15) is 12.0 Å². The van der Waals surface area contributed by atoms with Gasteiger partial charge in [0.1, 0.15) is 11.0 Å². The predicted octanol–water partition coefficient (Wildman–Crippen LogP) is 4.15. The molecule has 1 fully saturated rings. The summed E-state index contributed by atoms with van der Waals surface area (Å²) in [6.07, 6.45) is 1.70. The minimum Gasteiger partial charge on any atom is -0.495 e. The molecule has 150 valence electrons. The fraction of sp³-hybridized carbons (Fsp3) is 0.227. The number of rotatable bonds is 7. The Morgan fingerprint density at radius 3 is 2.76 bits per heavy atom. The SMILES string of the molecule is C=CCN1C(=O)[C@H](CC(=O)Nc2cc(C)ccc2OC)SC1=Nc1ccccc1. The van der Waals surface area contributed by atoms with Crippen LogP contribution in [0.3, 0.4) is 0 Å². The zero-order valence-electron chi connectivity index (χ0n) is 16.4. The predicted molar refractivity (Wildman–Crippen MR) is 118 cm³/mol. The molecule has 0 bridgehead atoms. The topological polar surface area (TPSA) is 71.0 Å². The molecule has 0 saturated carbocycles. The standard InChI is InChI=1S/C22H23N3O3S/c1-4-12-25-21(27)19(29-22(25)23-16-8-6-5-7-9-16)14-20(26)24-17-13-15(2)10-11-18(17)28-3/h4-11,13,19H,1,12,14H2,2-3H3,(H,24,26)/t19-/m0/s1. The summed E-state index contributed by atoms with van der Waals surface area (Å²) < 4.78 is 5.30. The summed E-state index contributed by atoms with van der Waals surface area (Å²) in [6.45, 7) is 6.00. The van der Waals surface area contributed by atoms with E-state index in [0.29, 0.717) is 23.1 Å². The van der Waals surface area contributed by atoms with Crippen molar-refractivity contribution in [2.75, 3.05) is 19.0 Å². The third kappa shape index (κ3) is 5.06. The summed E-state index contributed by atoms with van der Waals surface area (Å²) in [5.41, 5.74) is 2.35. The molecular formula is C22H23N3O3S. The largest absolute Gasteiger partial charge is 0.495 e. The number of amidine groups is 1. The Bertz CT molecular complexity index is 944. The Hall–Kier alpha value is -3.06. The normalized spacial score (nSPS) is 17.4. The van der Waals surface area contributed by atoms with Gasteiger partial charge in [0.2, 0.25) is 11.8 Å². The molecule has 1 aliphatic rings. The van der Waals surface area contributed by atoms with Crippen molar-refractivity contribution in [3.8, 4) is 5.75 Å². The van der Waals surface area contributed by atoms with E-state index < -0.39 is 5.25 Å². The van der Waals surface area contributed by atoms with Crippen molar-refractivity contribution in [2.24, 2.45) is 4.99 Å². The number of benzene rings is 2. The third-order valence-electron chi connectivity index (χ3n) is 4.31. The number of carbonyl (C=O) groups excluding carboxylic acids is 2. The number of methoxy groups -OCH3 is 1. The Labute approximate surface area is 174 Å². The lowest BCUT2D eigenvalue weighted by atomic mass is 10.2. The zero-order valence-corrected chi connectivity index (χ0v) is 17.2. The van der Waals surface area contributed by atoms with Gasteiger partial charge in [0.15, 0.2) is 5.17 Å². The maximum absolute atomic E-state index is 12.8. The fourth-order valence-corrected chi connectivity index (χ4v) is 4.09. The number of para-hydroxylation sites is 1. The molecule has 2 aromatic rings. The second kappa shape index (κ2) is 9.43. The number of amides is 2. The van der Waals surface area contributed by atoms with E-state index in [4.69, 9.17) is 4.74 Å². The van der Waals surface area contributed by atoms with Crippen LogP contribution in [0.4, 0.5) is 11.4 Å². The average Bonchev–Trinajstić information content (AvgIpc) is 2.98. The lowest BCUT2D eigenvalue weighted by Crippen LogP contribution is -2.33. The number of ether oxygens (including phenoxy) is 1. The molecule has 1 heterocycles. The van der Waals surface area contributed by atoms with Crippen molar-refractivity contribution in [2.45, 2.75) is 18.6 Å². The Balaban J connectivity index is 1.74. The number of nitrogens with one attached hydrogen (secondary N) is 1. The molecule has 1 N–H and O–H groups in total. The van der Waals surface area contributed by atoms with Crippen molar-refractivity contribution in [1.82, 2.24) is 4.90 Å². The summed E-state index contributed by atoms with van der Waals surface area (Å²) in [5.74, 6) is 0.184. The van der Waals surface area contributed by atoms with Crippen LogP contribution in [0.2, 0.25) is 0 Å². The summed E-state index contributed by atoms with van der Waals surface area (Å²) in [5, 5.41) is 2.89. The average molecular weight is 410 g/mol. The summed E-state index contributed by atoms with van der Waals surface area (Å²) in [4.78, 5) is 31.6. The number of aryl methyl sites for hydroxylation is 1. The Morgan fingerprint density at radius 2 is 2.07 bits per heavy atom. The molecule has 2 aromatic carbocycles. The highest BCUT2D eigenvalue weighted by molar-refractivity contribution is 8.15. The molecule has 0 aliphatic carbocycles. The quantitative estimate of drug-likeness (QED) is 0.698. The lowest BCUT2D eigenvalue weighted by molar-refractivity contribution is -0.127. The van der Waals surface area contributed by atoms with Gasteiger partial charge in [0.05, 0.1) is 18.5 Å². The van der Waals surface area contributed by atoms with Gasteiger partial charge in [-0.15, -0.1) is 6.58 Å². The molecule has 3 rings (SSSR count). The maximum atomic E-state index is 12.8. The van der Waals surface area contributed by atoms with E-state index in [1.807, 2.05) is 49.4 Å². The fourth-order valence-electron chi connectivity index (χ4n) is 2.92. The van der Waals surface area contributed by atoms with Crippen LogP contribution in [0.5, 0.6) is 5.75 Å². The third-order valence-corrected chi connectivity index (χ3v) is 5.49. The molecule has 0 spiro atoms. The van der Waals surface area contributed by atoms with Gasteiger partial charge >= 0.3 is 0 Å². The number of carbonyl (C=O) groups is 2. The first kappa shape index (κ1) is 20.7. The van der Waals surface area contributed by atoms with Gasteiger partial charge in [-0.3, -0.25) is 14.5 Å². The summed E-state index contributed by atoms with van der Waals surface area (Å²) in [7, 11) is 1.55. The molecule has 7 heteroatoms. The summed E-state index contributed by atoms with van der Waals surface area (Å²) >= 11 is 1.30. The molecule has 29 heavy (non-hydrogen) atoms. The van der Waals surface area contributed by atoms with Crippen molar-refractivity contribution >= 4 is 40.1 Å². The smallest absolute Gasteiger partial charge is 0.242 e. The van der Waals surface area contributed by atoms with Crippen LogP contribution >= 0.6 is 11.8 Å². The minimum absolute atomic E-state index is 0.0437. The molecule has 2 amide bonds. The lowest BCUT2D eigenvalue weighted by Gasteiger charge is -2.14. The van der Waals surface area contributed by atoms with Crippen molar-refractivity contribution in [3.63, 3.8) is 0 Å². The number of anilines is 1. The molecule has 6 nitrogen and oxygen atoms in total. The van der Waals surface area contributed by atoms with Gasteiger partial charge in [0, 0.05) is 13.0 Å². The monoisotopic (exact) mass is 409 g/mol. The van der Waals surface area contributed by atoms with E-state index in [9.17, 15) is 9.59 Å². The Morgan fingerprint density at radius 1 is 1.31 bits per heavy atom. The zero-order chi connectivity index (χ0) is 20.8. The number of nitrogens with zero attached hydrogens (tertiary/aromatic N) is 2. The van der Waals surface area contributed by atoms with E-state index in [1.165, 1.54) is 11.8 Å². The van der Waals surface area contributed by atoms with Crippen LogP contribution in [0.25, 0.3) is 0 Å². The second-order valence-electron chi connectivity index (χ2n) is 6.53. The highest BCUT2D eigenvalue weighted by Crippen LogP contribution is 2.32. The molecule has 1 aliphatic heterocycles.